The Balaban J connectivity index is 2.68. The normalized spacial score (nSPS) is 11.8. The second-order valence-electron chi connectivity index (χ2n) is 3.68. The summed E-state index contributed by atoms with van der Waals surface area (Å²) < 4.78 is 20.0. The van der Waals surface area contributed by atoms with E-state index < -0.39 is 26.0 Å². The Hall–Kier alpha value is -1.76. The predicted octanol–water partition coefficient (Wildman–Crippen LogP) is -0.895. The third-order valence-electron chi connectivity index (χ3n) is 2.27. The van der Waals surface area contributed by atoms with E-state index in [4.69, 9.17) is 9.30 Å². The molecule has 0 heterocycles. The first kappa shape index (κ1) is 15.3. The second-order valence-corrected chi connectivity index (χ2v) is 5.72. The number of aliphatic carboxylic acids is 1. The van der Waals surface area contributed by atoms with Crippen molar-refractivity contribution in [3.05, 3.63) is 23.8 Å². The van der Waals surface area contributed by atoms with E-state index in [0.29, 0.717) is 0 Å². The molecule has 1 rings (SSSR count). The quantitative estimate of drug-likeness (QED) is 0.395. The van der Waals surface area contributed by atoms with Crippen LogP contribution in [0.1, 0.15) is 23.2 Å². The van der Waals surface area contributed by atoms with Gasteiger partial charge in [-0.25, -0.2) is 0 Å². The van der Waals surface area contributed by atoms with Gasteiger partial charge in [-0.05, 0) is 0 Å². The van der Waals surface area contributed by atoms with E-state index in [1.165, 1.54) is 12.1 Å². The molecule has 104 valence electrons. The molecule has 0 aromatic heterocycles. The monoisotopic (exact) mass is 335 g/mol. The van der Waals surface area contributed by atoms with E-state index in [-0.39, 0.29) is 35.2 Å². The van der Waals surface area contributed by atoms with Gasteiger partial charge >= 0.3 is 113 Å². The van der Waals surface area contributed by atoms with Crippen LogP contribution in [-0.2, 0) is 8.63 Å². The van der Waals surface area contributed by atoms with Crippen molar-refractivity contribution in [1.29, 1.82) is 0 Å². The Kier molecular flexibility index (Phi) is 5.62. The maximum atomic E-state index is 11.7. The fraction of sp³-hybridized carbons (Fsp3) is 0.273. The summed E-state index contributed by atoms with van der Waals surface area (Å²) in [4.78, 5) is 22.0. The van der Waals surface area contributed by atoms with Crippen LogP contribution in [0, 0.1) is 0 Å². The molecule has 0 saturated heterocycles. The summed E-state index contributed by atoms with van der Waals surface area (Å²) in [6.45, 7) is 0.144. The number of carboxylic acids is 1. The van der Waals surface area contributed by atoms with Gasteiger partial charge in [0.15, 0.2) is 0 Å². The number of amides is 1. The molecule has 1 amide bonds. The first-order valence-corrected chi connectivity index (χ1v) is 7.68. The molecule has 19 heavy (non-hydrogen) atoms. The van der Waals surface area contributed by atoms with E-state index in [2.05, 4.69) is 5.32 Å². The molecule has 1 aromatic carbocycles. The summed E-state index contributed by atoms with van der Waals surface area (Å²) in [7, 11) is 0. The Morgan fingerprint density at radius 2 is 2.00 bits per heavy atom. The van der Waals surface area contributed by atoms with Crippen LogP contribution in [0.15, 0.2) is 18.2 Å². The third-order valence-corrected chi connectivity index (χ3v) is 3.65. The van der Waals surface area contributed by atoms with Gasteiger partial charge in [-0.2, -0.15) is 0 Å². The van der Waals surface area contributed by atoms with Crippen molar-refractivity contribution in [2.75, 3.05) is 6.54 Å². The Bertz CT molecular complexity index is 516. The van der Waals surface area contributed by atoms with Gasteiger partial charge in [0, 0.05) is 0 Å². The number of phenolic OH excluding ortho intramolecular Hbond substituents is 1. The van der Waals surface area contributed by atoms with Crippen LogP contribution in [0.25, 0.3) is 0 Å². The van der Waals surface area contributed by atoms with Crippen LogP contribution in [0.5, 0.6) is 5.75 Å². The maximum absolute atomic E-state index is 11.7. The number of nitrogens with one attached hydrogen (secondary N) is 1. The number of rotatable bonds is 6. The number of carbonyl (C=O) groups is 2. The average molecular weight is 334 g/mol. The molecule has 0 aliphatic carbocycles. The Morgan fingerprint density at radius 3 is 2.58 bits per heavy atom. The molecule has 0 aliphatic rings. The minimum absolute atomic E-state index is 0.0716. The zero-order valence-electron chi connectivity index (χ0n) is 9.83. The van der Waals surface area contributed by atoms with Crippen molar-refractivity contribution in [3.63, 3.8) is 0 Å². The van der Waals surface area contributed by atoms with Crippen LogP contribution in [0.2, 0.25) is 0 Å². The number of benzene rings is 1. The number of hydrogen-bond acceptors (Lipinski definition) is 4. The fourth-order valence-corrected chi connectivity index (χ4v) is 2.19. The molecule has 0 fully saturated rings. The molecular formula is C11H13NO6Se. The van der Waals surface area contributed by atoms with Gasteiger partial charge in [0.05, 0.1) is 0 Å². The topological polar surface area (TPSA) is 124 Å². The minimum atomic E-state index is -3.15. The van der Waals surface area contributed by atoms with Crippen molar-refractivity contribution in [3.8, 4) is 5.75 Å². The van der Waals surface area contributed by atoms with Crippen molar-refractivity contribution in [2.24, 2.45) is 0 Å². The van der Waals surface area contributed by atoms with Gasteiger partial charge in [0.25, 0.3) is 0 Å². The van der Waals surface area contributed by atoms with Crippen LogP contribution in [0.4, 0.5) is 0 Å². The fourth-order valence-electron chi connectivity index (χ4n) is 1.34. The molecule has 0 spiro atoms. The van der Waals surface area contributed by atoms with E-state index in [1.807, 2.05) is 0 Å². The van der Waals surface area contributed by atoms with Gasteiger partial charge in [-0.3, -0.25) is 0 Å². The molecule has 0 bridgehead atoms. The summed E-state index contributed by atoms with van der Waals surface area (Å²) in [5.41, 5.74) is -0.105. The summed E-state index contributed by atoms with van der Waals surface area (Å²) >= 11 is -3.15. The Morgan fingerprint density at radius 1 is 1.32 bits per heavy atom. The first-order valence-electron chi connectivity index (χ1n) is 5.35. The van der Waals surface area contributed by atoms with Gasteiger partial charge < -0.3 is 0 Å². The number of carboxylic acid groups (broad SMARTS) is 1. The van der Waals surface area contributed by atoms with E-state index >= 15 is 0 Å². The zero-order chi connectivity index (χ0) is 14.4. The van der Waals surface area contributed by atoms with Crippen molar-refractivity contribution >= 4 is 30.5 Å². The molecule has 0 saturated carbocycles. The average Bonchev–Trinajstić information content (AvgIpc) is 2.34. The summed E-state index contributed by atoms with van der Waals surface area (Å²) in [6, 6.07) is 3.60. The molecule has 7 nitrogen and oxygen atoms in total. The summed E-state index contributed by atoms with van der Waals surface area (Å²) in [6.07, 6.45) is 0.192. The molecule has 1 unspecified atom stereocenters. The van der Waals surface area contributed by atoms with Crippen LogP contribution in [0.3, 0.4) is 0 Å². The van der Waals surface area contributed by atoms with E-state index in [0.717, 1.165) is 6.07 Å². The molecule has 0 aliphatic heterocycles. The van der Waals surface area contributed by atoms with Gasteiger partial charge in [-0.1, -0.05) is 0 Å². The van der Waals surface area contributed by atoms with Crippen molar-refractivity contribution < 1.29 is 27.8 Å². The van der Waals surface area contributed by atoms with Gasteiger partial charge in [0.1, 0.15) is 0 Å². The number of aromatic hydroxyl groups is 1. The molecule has 8 heteroatoms. The molecule has 1 aromatic rings. The molecular weight excluding hydrogens is 321 g/mol. The number of phenols is 1. The van der Waals surface area contributed by atoms with Crippen molar-refractivity contribution in [1.82, 2.24) is 5.32 Å². The van der Waals surface area contributed by atoms with E-state index in [1.54, 1.807) is 0 Å². The number of hydrogen-bond donors (Lipinski definition) is 4. The SMILES string of the molecule is O=C(O)CCCNC(=O)c1cc([Se](=O)O)ccc1O. The third kappa shape index (κ3) is 4.78. The second kappa shape index (κ2) is 6.98. The number of carbonyl (C=O) groups excluding carboxylic acids is 1. The first-order chi connectivity index (χ1) is 8.91. The predicted molar refractivity (Wildman–Crippen MR) is 65.6 cm³/mol. The Labute approximate surface area is 113 Å². The van der Waals surface area contributed by atoms with E-state index in [9.17, 15) is 18.5 Å². The zero-order valence-corrected chi connectivity index (χ0v) is 11.5. The van der Waals surface area contributed by atoms with Crippen LogP contribution in [-0.4, -0.2) is 47.0 Å². The van der Waals surface area contributed by atoms with Gasteiger partial charge in [0.2, 0.25) is 0 Å². The standard InChI is InChI=1S/C11H13NO6Se/c13-9-4-3-7(19(17)18)6-8(9)11(16)12-5-1-2-10(14)15/h3-4,6,13H,1-2,5H2,(H,12,16)(H,14,15)(H,17,18). The van der Waals surface area contributed by atoms with Crippen molar-refractivity contribution in [2.45, 2.75) is 12.8 Å². The summed E-state index contributed by atoms with van der Waals surface area (Å²) in [5.74, 6) is -1.87. The molecule has 1 atom stereocenters. The van der Waals surface area contributed by atoms with Crippen LogP contribution < -0.4 is 9.78 Å². The molecule has 0 radical (unpaired) electrons. The van der Waals surface area contributed by atoms with Gasteiger partial charge in [-0.15, -0.1) is 0 Å². The van der Waals surface area contributed by atoms with Crippen LogP contribution >= 0.6 is 0 Å². The summed E-state index contributed by atoms with van der Waals surface area (Å²) in [5, 5.41) is 20.4. The molecule has 4 N–H and O–H groups in total.